The molecule has 3 aromatic rings. The third-order valence-corrected chi connectivity index (χ3v) is 9.51. The maximum atomic E-state index is 13.7. The van der Waals surface area contributed by atoms with Crippen LogP contribution in [0.25, 0.3) is 5.69 Å². The lowest BCUT2D eigenvalue weighted by molar-refractivity contribution is -0.116. The van der Waals surface area contributed by atoms with Gasteiger partial charge in [-0.05, 0) is 55.7 Å². The molecule has 0 atom stereocenters. The van der Waals surface area contributed by atoms with E-state index in [1.54, 1.807) is 28.3 Å². The Morgan fingerprint density at radius 3 is 2.57 bits per heavy atom. The van der Waals surface area contributed by atoms with Gasteiger partial charge in [0.15, 0.2) is 0 Å². The van der Waals surface area contributed by atoms with Crippen molar-refractivity contribution in [2.75, 3.05) is 36.5 Å². The van der Waals surface area contributed by atoms with Gasteiger partial charge in [-0.3, -0.25) is 4.79 Å². The molecule has 1 N–H and O–H groups in total. The fraction of sp³-hybridized carbons (Fsp3) is 0.346. The Kier molecular flexibility index (Phi) is 4.98. The monoisotopic (exact) mass is 492 g/mol. The molecule has 1 amide bonds. The van der Waals surface area contributed by atoms with Crippen LogP contribution in [0, 0.1) is 6.92 Å². The number of nitrogens with one attached hydrogen (secondary N) is 1. The zero-order valence-electron chi connectivity index (χ0n) is 19.8. The first-order valence-electron chi connectivity index (χ1n) is 11.9. The highest BCUT2D eigenvalue weighted by molar-refractivity contribution is 7.89. The molecule has 1 spiro atoms. The SMILES string of the molecule is CC(=O)N1CCOc2cc(S(=O)(=O)N3CCC4(CC3)Nc3ccccc3-n3cccc34)c(C)cc21. The van der Waals surface area contributed by atoms with Crippen LogP contribution in [0.5, 0.6) is 5.75 Å². The maximum absolute atomic E-state index is 13.7. The topological polar surface area (TPSA) is 83.9 Å². The third-order valence-electron chi connectivity index (χ3n) is 7.47. The molecule has 0 bridgehead atoms. The highest BCUT2D eigenvalue weighted by Gasteiger charge is 2.44. The number of fused-ring (bicyclic) bond motifs is 5. The fourth-order valence-electron chi connectivity index (χ4n) is 5.67. The zero-order valence-corrected chi connectivity index (χ0v) is 20.6. The molecule has 8 nitrogen and oxygen atoms in total. The number of rotatable bonds is 2. The van der Waals surface area contributed by atoms with Crippen LogP contribution in [-0.4, -0.2) is 49.4 Å². The van der Waals surface area contributed by atoms with Crippen molar-refractivity contribution in [2.45, 2.75) is 37.1 Å². The number of para-hydroxylation sites is 2. The Hall–Kier alpha value is -3.30. The molecule has 182 valence electrons. The summed E-state index contributed by atoms with van der Waals surface area (Å²) in [4.78, 5) is 13.9. The van der Waals surface area contributed by atoms with Crippen LogP contribution < -0.4 is 15.0 Å². The van der Waals surface area contributed by atoms with Crippen molar-refractivity contribution in [1.82, 2.24) is 8.87 Å². The second kappa shape index (κ2) is 7.86. The molecule has 0 radical (unpaired) electrons. The molecule has 0 unspecified atom stereocenters. The number of aryl methyl sites for hydroxylation is 1. The van der Waals surface area contributed by atoms with Gasteiger partial charge in [-0.2, -0.15) is 4.31 Å². The van der Waals surface area contributed by atoms with Gasteiger partial charge in [0.2, 0.25) is 15.9 Å². The summed E-state index contributed by atoms with van der Waals surface area (Å²) < 4.78 is 37.0. The van der Waals surface area contributed by atoms with E-state index in [0.717, 1.165) is 17.1 Å². The molecule has 0 saturated carbocycles. The minimum Gasteiger partial charge on any atom is -0.489 e. The summed E-state index contributed by atoms with van der Waals surface area (Å²) in [5.41, 5.74) is 4.25. The van der Waals surface area contributed by atoms with Crippen molar-refractivity contribution in [3.63, 3.8) is 0 Å². The normalized spacial score (nSPS) is 18.7. The molecule has 3 aliphatic heterocycles. The molecule has 3 aliphatic rings. The zero-order chi connectivity index (χ0) is 24.4. The quantitative estimate of drug-likeness (QED) is 0.591. The molecule has 2 aromatic carbocycles. The van der Waals surface area contributed by atoms with E-state index in [-0.39, 0.29) is 16.3 Å². The third kappa shape index (κ3) is 3.36. The Morgan fingerprint density at radius 2 is 1.80 bits per heavy atom. The summed E-state index contributed by atoms with van der Waals surface area (Å²) in [5, 5.41) is 3.73. The van der Waals surface area contributed by atoms with Gasteiger partial charge in [-0.25, -0.2) is 8.42 Å². The molecule has 1 saturated heterocycles. The average Bonchev–Trinajstić information content (AvgIpc) is 3.35. The van der Waals surface area contributed by atoms with E-state index in [0.29, 0.717) is 56.1 Å². The molecule has 4 heterocycles. The number of aromatic nitrogens is 1. The molecule has 9 heteroatoms. The first kappa shape index (κ1) is 22.2. The van der Waals surface area contributed by atoms with Crippen LogP contribution in [0.1, 0.15) is 31.0 Å². The van der Waals surface area contributed by atoms with Crippen LogP contribution in [0.3, 0.4) is 0 Å². The summed E-state index contributed by atoms with van der Waals surface area (Å²) in [7, 11) is -3.73. The van der Waals surface area contributed by atoms with Gasteiger partial charge in [-0.1, -0.05) is 12.1 Å². The molecule has 1 fully saturated rings. The minimum atomic E-state index is -3.73. The Morgan fingerprint density at radius 1 is 1.03 bits per heavy atom. The van der Waals surface area contributed by atoms with E-state index in [9.17, 15) is 13.2 Å². The van der Waals surface area contributed by atoms with Crippen LogP contribution in [0.4, 0.5) is 11.4 Å². The van der Waals surface area contributed by atoms with Gasteiger partial charge < -0.3 is 19.5 Å². The first-order chi connectivity index (χ1) is 16.8. The van der Waals surface area contributed by atoms with Gasteiger partial charge in [0.1, 0.15) is 12.4 Å². The van der Waals surface area contributed by atoms with Gasteiger partial charge >= 0.3 is 0 Å². The first-order valence-corrected chi connectivity index (χ1v) is 13.4. The molecular weight excluding hydrogens is 464 g/mol. The standard InChI is InChI=1S/C26H28N4O4S/c1-18-16-22-23(34-15-14-29(22)19(2)31)17-24(18)35(32,33)28-12-9-26(10-13-28)25-8-5-11-30(25)21-7-4-3-6-20(21)27-26/h3-8,11,16-17,27H,9-10,12-15H2,1-2H3. The summed E-state index contributed by atoms with van der Waals surface area (Å²) in [5.74, 6) is 0.352. The van der Waals surface area contributed by atoms with Crippen molar-refractivity contribution in [3.8, 4) is 11.4 Å². The fourth-order valence-corrected chi connectivity index (χ4v) is 7.34. The van der Waals surface area contributed by atoms with E-state index in [2.05, 4.69) is 34.3 Å². The van der Waals surface area contributed by atoms with Crippen molar-refractivity contribution in [3.05, 3.63) is 66.0 Å². The smallest absolute Gasteiger partial charge is 0.243 e. The number of carbonyl (C=O) groups excluding carboxylic acids is 1. The predicted octanol–water partition coefficient (Wildman–Crippen LogP) is 3.64. The number of benzene rings is 2. The lowest BCUT2D eigenvalue weighted by Gasteiger charge is -2.46. The lowest BCUT2D eigenvalue weighted by Crippen LogP contribution is -2.51. The van der Waals surface area contributed by atoms with Gasteiger partial charge in [0, 0.05) is 38.0 Å². The molecule has 35 heavy (non-hydrogen) atoms. The number of ether oxygens (including phenoxy) is 1. The summed E-state index contributed by atoms with van der Waals surface area (Å²) in [6.45, 7) is 4.89. The Balaban J connectivity index is 1.29. The Labute approximate surface area is 205 Å². The van der Waals surface area contributed by atoms with Gasteiger partial charge in [0.05, 0.1) is 34.0 Å². The lowest BCUT2D eigenvalue weighted by atomic mass is 9.83. The van der Waals surface area contributed by atoms with Crippen molar-refractivity contribution >= 4 is 27.3 Å². The second-order valence-corrected chi connectivity index (χ2v) is 11.4. The number of hydrogen-bond donors (Lipinski definition) is 1. The maximum Gasteiger partial charge on any atom is 0.243 e. The number of nitrogens with zero attached hydrogens (tertiary/aromatic N) is 3. The highest BCUT2D eigenvalue weighted by atomic mass is 32.2. The number of sulfonamides is 1. The summed E-state index contributed by atoms with van der Waals surface area (Å²) in [6, 6.07) is 15.7. The highest BCUT2D eigenvalue weighted by Crippen LogP contribution is 2.44. The summed E-state index contributed by atoms with van der Waals surface area (Å²) >= 11 is 0. The van der Waals surface area contributed by atoms with E-state index < -0.39 is 10.0 Å². The van der Waals surface area contributed by atoms with Gasteiger partial charge in [-0.15, -0.1) is 0 Å². The number of carbonyl (C=O) groups is 1. The van der Waals surface area contributed by atoms with Crippen LogP contribution in [-0.2, 0) is 20.4 Å². The number of piperidine rings is 1. The van der Waals surface area contributed by atoms with E-state index in [1.807, 2.05) is 18.2 Å². The van der Waals surface area contributed by atoms with Crippen LogP contribution in [0.2, 0.25) is 0 Å². The Bertz CT molecular complexity index is 1440. The molecular formula is C26H28N4O4S. The van der Waals surface area contributed by atoms with E-state index >= 15 is 0 Å². The molecule has 1 aromatic heterocycles. The number of anilines is 2. The van der Waals surface area contributed by atoms with E-state index in [4.69, 9.17) is 4.74 Å². The average molecular weight is 493 g/mol. The van der Waals surface area contributed by atoms with Crippen molar-refractivity contribution < 1.29 is 17.9 Å². The van der Waals surface area contributed by atoms with Crippen molar-refractivity contribution in [1.29, 1.82) is 0 Å². The predicted molar refractivity (Wildman–Crippen MR) is 134 cm³/mol. The minimum absolute atomic E-state index is 0.0859. The molecule has 6 rings (SSSR count). The summed E-state index contributed by atoms with van der Waals surface area (Å²) in [6.07, 6.45) is 3.38. The van der Waals surface area contributed by atoms with Crippen LogP contribution >= 0.6 is 0 Å². The van der Waals surface area contributed by atoms with Crippen molar-refractivity contribution in [2.24, 2.45) is 0 Å². The van der Waals surface area contributed by atoms with Gasteiger partial charge in [0.25, 0.3) is 0 Å². The molecule has 0 aliphatic carbocycles. The number of hydrogen-bond acceptors (Lipinski definition) is 5. The second-order valence-electron chi connectivity index (χ2n) is 9.50. The largest absolute Gasteiger partial charge is 0.489 e. The van der Waals surface area contributed by atoms with Crippen LogP contribution in [0.15, 0.2) is 59.6 Å². The number of amides is 1. The van der Waals surface area contributed by atoms with E-state index in [1.165, 1.54) is 6.92 Å².